The van der Waals surface area contributed by atoms with Crippen molar-refractivity contribution in [3.8, 4) is 11.4 Å². The first-order chi connectivity index (χ1) is 17.0. The Balaban J connectivity index is 0.000000363. The molecule has 8 nitrogen and oxygen atoms in total. The molecule has 0 bridgehead atoms. The lowest BCUT2D eigenvalue weighted by Crippen LogP contribution is -2.17. The number of carbonyl (C=O) groups excluding carboxylic acids is 2. The predicted molar refractivity (Wildman–Crippen MR) is 139 cm³/mol. The number of thiophene rings is 1. The monoisotopic (exact) mass is 514 g/mol. The van der Waals surface area contributed by atoms with Crippen LogP contribution in [0.15, 0.2) is 72.0 Å². The van der Waals surface area contributed by atoms with Crippen LogP contribution in [0.3, 0.4) is 0 Å². The summed E-state index contributed by atoms with van der Waals surface area (Å²) in [7, 11) is 3.17. The average Bonchev–Trinajstić information content (AvgIpc) is 3.54. The summed E-state index contributed by atoms with van der Waals surface area (Å²) in [6.07, 6.45) is 5.92. The van der Waals surface area contributed by atoms with Gasteiger partial charge < -0.3 is 14.6 Å². The molecule has 0 unspecified atom stereocenters. The summed E-state index contributed by atoms with van der Waals surface area (Å²) in [4.78, 5) is 39.2. The van der Waals surface area contributed by atoms with Gasteiger partial charge in [0.2, 0.25) is 0 Å². The van der Waals surface area contributed by atoms with E-state index in [1.165, 1.54) is 29.1 Å². The number of nitrogens with zero attached hydrogens (tertiary/aromatic N) is 3. The molecular formula is C25H27ClN4O4S. The van der Waals surface area contributed by atoms with Crippen molar-refractivity contribution in [1.29, 1.82) is 0 Å². The molecule has 0 aliphatic carbocycles. The number of carbonyl (C=O) groups is 2. The maximum absolute atomic E-state index is 12.3. The van der Waals surface area contributed by atoms with Crippen molar-refractivity contribution in [2.75, 3.05) is 14.2 Å². The van der Waals surface area contributed by atoms with E-state index in [2.05, 4.69) is 10.3 Å². The number of hydrogen-bond donors (Lipinski definition) is 1. The van der Waals surface area contributed by atoms with Crippen molar-refractivity contribution in [1.82, 2.24) is 19.4 Å². The van der Waals surface area contributed by atoms with E-state index in [1.807, 2.05) is 27.1 Å². The average molecular weight is 515 g/mol. The Labute approximate surface area is 212 Å². The van der Waals surface area contributed by atoms with Gasteiger partial charge in [-0.25, -0.2) is 9.78 Å². The number of rotatable bonds is 6. The van der Waals surface area contributed by atoms with Crippen LogP contribution >= 0.6 is 22.9 Å². The molecule has 0 radical (unpaired) electrons. The van der Waals surface area contributed by atoms with Crippen molar-refractivity contribution in [2.45, 2.75) is 20.4 Å². The number of methoxy groups -OCH3 is 1. The second kappa shape index (κ2) is 14.0. The minimum absolute atomic E-state index is 0.176. The summed E-state index contributed by atoms with van der Waals surface area (Å²) < 4.78 is 8.79. The molecule has 0 atom stereocenters. The highest BCUT2D eigenvalue weighted by atomic mass is 35.5. The molecule has 3 aromatic heterocycles. The molecule has 0 aliphatic heterocycles. The third kappa shape index (κ3) is 7.48. The van der Waals surface area contributed by atoms with Gasteiger partial charge in [0.05, 0.1) is 39.6 Å². The minimum atomic E-state index is -0.482. The number of halogens is 1. The molecule has 35 heavy (non-hydrogen) atoms. The van der Waals surface area contributed by atoms with Crippen LogP contribution in [0.5, 0.6) is 0 Å². The summed E-state index contributed by atoms with van der Waals surface area (Å²) in [6.45, 7) is 4.62. The quantitative estimate of drug-likeness (QED) is 0.294. The molecule has 10 heteroatoms. The molecule has 0 amide bonds. The maximum Gasteiger partial charge on any atom is 0.340 e. The standard InChI is InChI=1S/C18H18N4O3.C5H3ClOS.C2H6/c1-19-10-13-11-21(12-20-13)16-7-6-14(9-15(16)18(24)25-2)22-8-4-3-5-17(22)23;6-5-2-1-4(3-7)8-5;1-2/h3-9,11-12,19H,10H2,1-2H3;1-3H;1-2H3. The lowest BCUT2D eigenvalue weighted by Gasteiger charge is -2.12. The topological polar surface area (TPSA) is 95.2 Å². The van der Waals surface area contributed by atoms with Gasteiger partial charge in [0.25, 0.3) is 5.56 Å². The van der Waals surface area contributed by atoms with Crippen LogP contribution in [0.25, 0.3) is 11.4 Å². The highest BCUT2D eigenvalue weighted by molar-refractivity contribution is 7.17. The van der Waals surface area contributed by atoms with Crippen molar-refractivity contribution in [3.63, 3.8) is 0 Å². The molecule has 3 heterocycles. The SMILES string of the molecule is CC.CNCc1cn(-c2ccc(-n3ccccc3=O)cc2C(=O)OC)cn1.O=Cc1ccc(Cl)s1. The molecule has 0 spiro atoms. The molecular weight excluding hydrogens is 488 g/mol. The number of imidazole rings is 1. The number of nitrogens with one attached hydrogen (secondary N) is 1. The zero-order valence-electron chi connectivity index (χ0n) is 19.9. The Bertz CT molecular complexity index is 1310. The lowest BCUT2D eigenvalue weighted by molar-refractivity contribution is 0.0600. The highest BCUT2D eigenvalue weighted by Gasteiger charge is 2.16. The molecule has 1 aromatic carbocycles. The van der Waals surface area contributed by atoms with Gasteiger partial charge in [0.1, 0.15) is 0 Å². The Hall–Kier alpha value is -3.53. The zero-order chi connectivity index (χ0) is 25.8. The van der Waals surface area contributed by atoms with E-state index in [-0.39, 0.29) is 5.56 Å². The summed E-state index contributed by atoms with van der Waals surface area (Å²) in [5.41, 5.74) is 2.25. The second-order valence-corrected chi connectivity index (χ2v) is 8.41. The van der Waals surface area contributed by atoms with Gasteiger partial charge in [-0.15, -0.1) is 11.3 Å². The van der Waals surface area contributed by atoms with Gasteiger partial charge in [-0.05, 0) is 43.4 Å². The summed E-state index contributed by atoms with van der Waals surface area (Å²) in [5.74, 6) is -0.482. The number of aldehydes is 1. The van der Waals surface area contributed by atoms with Crippen molar-refractivity contribution >= 4 is 35.2 Å². The Morgan fingerprint density at radius 2 is 1.97 bits per heavy atom. The zero-order valence-corrected chi connectivity index (χ0v) is 21.5. The van der Waals surface area contributed by atoms with Crippen LogP contribution in [-0.4, -0.2) is 40.5 Å². The predicted octanol–water partition coefficient (Wildman–Crippen LogP) is 4.77. The number of benzene rings is 1. The van der Waals surface area contributed by atoms with E-state index in [9.17, 15) is 14.4 Å². The Kier molecular flexibility index (Phi) is 11.1. The van der Waals surface area contributed by atoms with Gasteiger partial charge in [0, 0.05) is 30.7 Å². The highest BCUT2D eigenvalue weighted by Crippen LogP contribution is 2.20. The van der Waals surface area contributed by atoms with Crippen LogP contribution in [0.2, 0.25) is 4.34 Å². The molecule has 4 rings (SSSR count). The molecule has 4 aromatic rings. The normalized spacial score (nSPS) is 9.86. The lowest BCUT2D eigenvalue weighted by atomic mass is 10.1. The van der Waals surface area contributed by atoms with Gasteiger partial charge in [-0.1, -0.05) is 31.5 Å². The Morgan fingerprint density at radius 3 is 2.54 bits per heavy atom. The van der Waals surface area contributed by atoms with Gasteiger partial charge in [0.15, 0.2) is 6.29 Å². The fourth-order valence-electron chi connectivity index (χ4n) is 2.97. The van der Waals surface area contributed by atoms with Crippen molar-refractivity contribution in [3.05, 3.63) is 98.1 Å². The van der Waals surface area contributed by atoms with Crippen molar-refractivity contribution in [2.24, 2.45) is 0 Å². The summed E-state index contributed by atoms with van der Waals surface area (Å²) in [6, 6.07) is 13.5. The van der Waals surface area contributed by atoms with E-state index in [1.54, 1.807) is 59.6 Å². The van der Waals surface area contributed by atoms with Gasteiger partial charge in [-0.3, -0.25) is 14.2 Å². The van der Waals surface area contributed by atoms with E-state index >= 15 is 0 Å². The first-order valence-corrected chi connectivity index (χ1v) is 11.9. The molecule has 1 N–H and O–H groups in total. The van der Waals surface area contributed by atoms with Gasteiger partial charge >= 0.3 is 5.97 Å². The second-order valence-electron chi connectivity index (χ2n) is 6.66. The molecule has 0 aliphatic rings. The van der Waals surface area contributed by atoms with Crippen LogP contribution in [-0.2, 0) is 11.3 Å². The number of pyridine rings is 1. The third-order valence-electron chi connectivity index (χ3n) is 4.47. The Morgan fingerprint density at radius 1 is 1.20 bits per heavy atom. The van der Waals surface area contributed by atoms with E-state index < -0.39 is 5.97 Å². The number of hydrogen-bond acceptors (Lipinski definition) is 7. The first kappa shape index (κ1) is 27.7. The maximum atomic E-state index is 12.3. The molecule has 0 fully saturated rings. The summed E-state index contributed by atoms with van der Waals surface area (Å²) in [5, 5.41) is 3.03. The van der Waals surface area contributed by atoms with E-state index in [0.717, 1.165) is 12.0 Å². The van der Waals surface area contributed by atoms with E-state index in [0.29, 0.717) is 32.7 Å². The fourth-order valence-corrected chi connectivity index (χ4v) is 3.85. The van der Waals surface area contributed by atoms with E-state index in [4.69, 9.17) is 16.3 Å². The molecule has 0 saturated carbocycles. The number of aromatic nitrogens is 3. The number of ether oxygens (including phenoxy) is 1. The summed E-state index contributed by atoms with van der Waals surface area (Å²) >= 11 is 6.78. The van der Waals surface area contributed by atoms with Gasteiger partial charge in [-0.2, -0.15) is 0 Å². The molecule has 0 saturated heterocycles. The fraction of sp³-hybridized carbons (Fsp3) is 0.200. The van der Waals surface area contributed by atoms with Crippen LogP contribution in [0.4, 0.5) is 0 Å². The van der Waals surface area contributed by atoms with Crippen LogP contribution < -0.4 is 10.9 Å². The molecule has 184 valence electrons. The van der Waals surface area contributed by atoms with Crippen LogP contribution in [0, 0.1) is 0 Å². The minimum Gasteiger partial charge on any atom is -0.465 e. The third-order valence-corrected chi connectivity index (χ3v) is 5.62. The largest absolute Gasteiger partial charge is 0.465 e. The number of esters is 1. The first-order valence-electron chi connectivity index (χ1n) is 10.8. The van der Waals surface area contributed by atoms with Crippen LogP contribution in [0.1, 0.15) is 39.6 Å². The van der Waals surface area contributed by atoms with Crippen molar-refractivity contribution < 1.29 is 14.3 Å². The smallest absolute Gasteiger partial charge is 0.340 e.